The smallest absolute Gasteiger partial charge is 0.137 e. The molecule has 2 aromatic heterocycles. The molecule has 3 aromatic rings. The fraction of sp³-hybridized carbons (Fsp3) is 0.188. The Morgan fingerprint density at radius 2 is 1.89 bits per heavy atom. The molecule has 0 atom stereocenters. The van der Waals surface area contributed by atoms with Crippen LogP contribution in [0.2, 0.25) is 0 Å². The van der Waals surface area contributed by atoms with Crippen LogP contribution in [0.25, 0.3) is 16.9 Å². The van der Waals surface area contributed by atoms with Crippen molar-refractivity contribution in [2.75, 3.05) is 6.54 Å². The van der Waals surface area contributed by atoms with Gasteiger partial charge in [0.05, 0.1) is 11.4 Å². The van der Waals surface area contributed by atoms with Crippen LogP contribution in [0.4, 0.5) is 0 Å². The quantitative estimate of drug-likeness (QED) is 0.778. The Hall–Kier alpha value is -2.13. The summed E-state index contributed by atoms with van der Waals surface area (Å²) in [7, 11) is 0. The van der Waals surface area contributed by atoms with Gasteiger partial charge in [-0.05, 0) is 25.6 Å². The Bertz CT molecular complexity index is 696. The van der Waals surface area contributed by atoms with Gasteiger partial charge in [0, 0.05) is 18.2 Å². The van der Waals surface area contributed by atoms with Crippen molar-refractivity contribution in [1.29, 1.82) is 0 Å². The lowest BCUT2D eigenvalue weighted by atomic mass is 10.1. The Morgan fingerprint density at radius 3 is 2.63 bits per heavy atom. The number of aromatic nitrogens is 2. The molecule has 0 saturated heterocycles. The van der Waals surface area contributed by atoms with Crippen molar-refractivity contribution in [3.05, 3.63) is 59.9 Å². The van der Waals surface area contributed by atoms with Gasteiger partial charge >= 0.3 is 0 Å². The van der Waals surface area contributed by atoms with Gasteiger partial charge in [-0.3, -0.25) is 0 Å². The summed E-state index contributed by atoms with van der Waals surface area (Å²) >= 11 is 0. The predicted octanol–water partition coefficient (Wildman–Crippen LogP) is 2.81. The summed E-state index contributed by atoms with van der Waals surface area (Å²) in [6.07, 6.45) is 2.87. The molecule has 2 heterocycles. The average molecular weight is 251 g/mol. The lowest BCUT2D eigenvalue weighted by molar-refractivity contribution is 0.907. The summed E-state index contributed by atoms with van der Waals surface area (Å²) in [5, 5.41) is 0. The van der Waals surface area contributed by atoms with E-state index in [1.54, 1.807) is 0 Å². The molecule has 0 aliphatic carbocycles. The first-order valence-corrected chi connectivity index (χ1v) is 6.52. The van der Waals surface area contributed by atoms with Gasteiger partial charge in [-0.1, -0.05) is 35.9 Å². The fourth-order valence-corrected chi connectivity index (χ4v) is 2.36. The number of hydrogen-bond donors (Lipinski definition) is 1. The van der Waals surface area contributed by atoms with Crippen LogP contribution in [-0.4, -0.2) is 15.9 Å². The minimum Gasteiger partial charge on any atom is -0.330 e. The number of rotatable bonds is 3. The number of aryl methyl sites for hydroxylation is 1. The lowest BCUT2D eigenvalue weighted by Crippen LogP contribution is -2.06. The van der Waals surface area contributed by atoms with Crippen molar-refractivity contribution in [2.45, 2.75) is 13.3 Å². The number of hydrogen-bond acceptors (Lipinski definition) is 2. The maximum Gasteiger partial charge on any atom is 0.137 e. The first kappa shape index (κ1) is 11.9. The molecule has 0 aliphatic rings. The summed E-state index contributed by atoms with van der Waals surface area (Å²) in [6.45, 7) is 2.72. The summed E-state index contributed by atoms with van der Waals surface area (Å²) in [6, 6.07) is 14.5. The van der Waals surface area contributed by atoms with E-state index in [1.165, 1.54) is 11.3 Å². The van der Waals surface area contributed by atoms with E-state index in [-0.39, 0.29) is 0 Å². The topological polar surface area (TPSA) is 43.3 Å². The molecule has 0 unspecified atom stereocenters. The van der Waals surface area contributed by atoms with Crippen molar-refractivity contribution in [3.63, 3.8) is 0 Å². The molecule has 0 aliphatic heterocycles. The number of nitrogens with zero attached hydrogens (tertiary/aromatic N) is 2. The number of imidazole rings is 1. The molecule has 0 fully saturated rings. The monoisotopic (exact) mass is 251 g/mol. The van der Waals surface area contributed by atoms with Crippen LogP contribution >= 0.6 is 0 Å². The molecule has 0 radical (unpaired) electrons. The van der Waals surface area contributed by atoms with Crippen LogP contribution in [0.5, 0.6) is 0 Å². The zero-order valence-corrected chi connectivity index (χ0v) is 11.0. The van der Waals surface area contributed by atoms with Crippen LogP contribution in [0.3, 0.4) is 0 Å². The number of nitrogens with two attached hydrogens (primary N) is 1. The molecule has 96 valence electrons. The first-order valence-electron chi connectivity index (χ1n) is 6.52. The predicted molar refractivity (Wildman–Crippen MR) is 78.1 cm³/mol. The van der Waals surface area contributed by atoms with E-state index in [1.807, 2.05) is 24.4 Å². The van der Waals surface area contributed by atoms with Crippen molar-refractivity contribution < 1.29 is 0 Å². The maximum absolute atomic E-state index is 5.74. The molecule has 3 heteroatoms. The van der Waals surface area contributed by atoms with Gasteiger partial charge in [0.2, 0.25) is 0 Å². The van der Waals surface area contributed by atoms with Crippen LogP contribution < -0.4 is 5.73 Å². The van der Waals surface area contributed by atoms with Gasteiger partial charge in [-0.2, -0.15) is 0 Å². The molecule has 1 aromatic carbocycles. The van der Waals surface area contributed by atoms with E-state index in [0.29, 0.717) is 6.54 Å². The maximum atomic E-state index is 5.74. The molecule has 3 nitrogen and oxygen atoms in total. The average Bonchev–Trinajstić information content (AvgIpc) is 2.79. The molecule has 0 bridgehead atoms. The minimum atomic E-state index is 0.627. The van der Waals surface area contributed by atoms with E-state index in [0.717, 1.165) is 23.3 Å². The number of fused-ring (bicyclic) bond motifs is 1. The third-order valence-electron chi connectivity index (χ3n) is 3.34. The lowest BCUT2D eigenvalue weighted by Gasteiger charge is -2.04. The second kappa shape index (κ2) is 4.86. The van der Waals surface area contributed by atoms with Crippen molar-refractivity contribution >= 4 is 5.65 Å². The molecular weight excluding hydrogens is 234 g/mol. The van der Waals surface area contributed by atoms with Crippen LogP contribution in [0.1, 0.15) is 11.3 Å². The van der Waals surface area contributed by atoms with E-state index in [9.17, 15) is 0 Å². The van der Waals surface area contributed by atoms with Crippen molar-refractivity contribution in [2.24, 2.45) is 5.73 Å². The number of pyridine rings is 1. The van der Waals surface area contributed by atoms with Gasteiger partial charge in [0.1, 0.15) is 5.65 Å². The summed E-state index contributed by atoms with van der Waals surface area (Å²) < 4.78 is 2.13. The third kappa shape index (κ3) is 2.13. The van der Waals surface area contributed by atoms with Crippen molar-refractivity contribution in [3.8, 4) is 11.3 Å². The molecule has 3 rings (SSSR count). The third-order valence-corrected chi connectivity index (χ3v) is 3.34. The molecule has 0 amide bonds. The molecule has 0 saturated carbocycles. The molecule has 2 N–H and O–H groups in total. The van der Waals surface area contributed by atoms with Gasteiger partial charge in [-0.25, -0.2) is 4.98 Å². The summed E-state index contributed by atoms with van der Waals surface area (Å²) in [4.78, 5) is 4.74. The zero-order chi connectivity index (χ0) is 13.2. The molecule has 0 spiro atoms. The van der Waals surface area contributed by atoms with E-state index in [2.05, 4.69) is 35.6 Å². The highest BCUT2D eigenvalue weighted by molar-refractivity contribution is 5.66. The highest BCUT2D eigenvalue weighted by atomic mass is 15.0. The van der Waals surface area contributed by atoms with E-state index in [4.69, 9.17) is 10.7 Å². The molecule has 19 heavy (non-hydrogen) atoms. The zero-order valence-electron chi connectivity index (χ0n) is 11.0. The van der Waals surface area contributed by atoms with Gasteiger partial charge in [0.25, 0.3) is 0 Å². The largest absolute Gasteiger partial charge is 0.330 e. The standard InChI is InChI=1S/C16H17N3/c1-12-5-7-13(8-6-12)16-14(9-10-17)19-11-3-2-4-15(19)18-16/h2-8,11H,9-10,17H2,1H3. The van der Waals surface area contributed by atoms with Gasteiger partial charge < -0.3 is 10.1 Å². The summed E-state index contributed by atoms with van der Waals surface area (Å²) in [5.41, 5.74) is 11.3. The Labute approximate surface area is 112 Å². The second-order valence-electron chi connectivity index (χ2n) is 4.74. The molecular formula is C16H17N3. The Morgan fingerprint density at radius 1 is 1.11 bits per heavy atom. The van der Waals surface area contributed by atoms with E-state index >= 15 is 0 Å². The minimum absolute atomic E-state index is 0.627. The fourth-order valence-electron chi connectivity index (χ4n) is 2.36. The number of benzene rings is 1. The SMILES string of the molecule is Cc1ccc(-c2nc3ccccn3c2CCN)cc1. The highest BCUT2D eigenvalue weighted by Crippen LogP contribution is 2.25. The Balaban J connectivity index is 2.21. The van der Waals surface area contributed by atoms with E-state index < -0.39 is 0 Å². The van der Waals surface area contributed by atoms with Gasteiger partial charge in [0.15, 0.2) is 0 Å². The normalized spacial score (nSPS) is 11.1. The van der Waals surface area contributed by atoms with Crippen LogP contribution in [-0.2, 0) is 6.42 Å². The van der Waals surface area contributed by atoms with Gasteiger partial charge in [-0.15, -0.1) is 0 Å². The second-order valence-corrected chi connectivity index (χ2v) is 4.74. The van der Waals surface area contributed by atoms with Crippen molar-refractivity contribution in [1.82, 2.24) is 9.38 Å². The first-order chi connectivity index (χ1) is 9.29. The van der Waals surface area contributed by atoms with Crippen LogP contribution in [0.15, 0.2) is 48.7 Å². The van der Waals surface area contributed by atoms with Crippen LogP contribution in [0, 0.1) is 6.92 Å². The highest BCUT2D eigenvalue weighted by Gasteiger charge is 2.12. The Kier molecular flexibility index (Phi) is 3.05. The summed E-state index contributed by atoms with van der Waals surface area (Å²) in [5.74, 6) is 0.